The number of ether oxygens (including phenoxy) is 1. The van der Waals surface area contributed by atoms with Gasteiger partial charge in [-0.05, 0) is 25.1 Å². The Morgan fingerprint density at radius 2 is 2.30 bits per heavy atom. The molecular formula is C12H11BrFN3O3. The number of carbonyl (C=O) groups is 1. The third-order valence-corrected chi connectivity index (χ3v) is 2.78. The lowest BCUT2D eigenvalue weighted by atomic mass is 10.3. The first kappa shape index (κ1) is 14.4. The fourth-order valence-electron chi connectivity index (χ4n) is 1.42. The summed E-state index contributed by atoms with van der Waals surface area (Å²) in [5.74, 6) is -0.549. The number of carbonyl (C=O) groups excluding carboxylic acids is 1. The first-order valence-electron chi connectivity index (χ1n) is 5.68. The second-order valence-electron chi connectivity index (χ2n) is 3.97. The number of anilines is 1. The summed E-state index contributed by atoms with van der Waals surface area (Å²) in [6.07, 6.45) is -0.628. The maximum Gasteiger partial charge on any atom is 0.328 e. The van der Waals surface area contributed by atoms with Crippen LogP contribution in [0.4, 0.5) is 10.4 Å². The molecule has 2 rings (SSSR count). The maximum atomic E-state index is 13.6. The molecular weight excluding hydrogens is 333 g/mol. The number of nitrogens with one attached hydrogen (secondary N) is 1. The predicted octanol–water partition coefficient (Wildman–Crippen LogP) is 3.07. The molecule has 1 aromatic heterocycles. The minimum atomic E-state index is -0.628. The van der Waals surface area contributed by atoms with Gasteiger partial charge in [-0.1, -0.05) is 21.1 Å². The van der Waals surface area contributed by atoms with Crippen LogP contribution in [-0.2, 0) is 4.79 Å². The SMILES string of the molecule is CC(=O)Nc1nc(C(C)Oc2ccc(Br)cc2F)no1. The van der Waals surface area contributed by atoms with Crippen molar-refractivity contribution >= 4 is 27.9 Å². The molecule has 1 N–H and O–H groups in total. The summed E-state index contributed by atoms with van der Waals surface area (Å²) < 4.78 is 24.5. The van der Waals surface area contributed by atoms with E-state index in [-0.39, 0.29) is 23.5 Å². The highest BCUT2D eigenvalue weighted by Gasteiger charge is 2.17. The van der Waals surface area contributed by atoms with Crippen molar-refractivity contribution in [2.45, 2.75) is 20.0 Å². The Kier molecular flexibility index (Phi) is 4.33. The fourth-order valence-corrected chi connectivity index (χ4v) is 1.75. The van der Waals surface area contributed by atoms with E-state index in [2.05, 4.69) is 31.4 Å². The van der Waals surface area contributed by atoms with Gasteiger partial charge in [-0.2, -0.15) is 4.98 Å². The molecule has 0 aliphatic rings. The number of amides is 1. The monoisotopic (exact) mass is 343 g/mol. The molecule has 6 nitrogen and oxygen atoms in total. The van der Waals surface area contributed by atoms with E-state index in [4.69, 9.17) is 9.26 Å². The molecule has 106 valence electrons. The molecule has 1 aromatic carbocycles. The van der Waals surface area contributed by atoms with Crippen LogP contribution < -0.4 is 10.1 Å². The lowest BCUT2D eigenvalue weighted by Crippen LogP contribution is -2.08. The van der Waals surface area contributed by atoms with Crippen LogP contribution in [0.1, 0.15) is 25.8 Å². The molecule has 1 amide bonds. The second-order valence-corrected chi connectivity index (χ2v) is 4.89. The van der Waals surface area contributed by atoms with Gasteiger partial charge in [0.1, 0.15) is 0 Å². The summed E-state index contributed by atoms with van der Waals surface area (Å²) in [5, 5.41) is 6.00. The quantitative estimate of drug-likeness (QED) is 0.922. The van der Waals surface area contributed by atoms with E-state index in [1.165, 1.54) is 19.1 Å². The molecule has 0 bridgehead atoms. The van der Waals surface area contributed by atoms with Crippen LogP contribution in [0.25, 0.3) is 0 Å². The molecule has 0 radical (unpaired) electrons. The molecule has 0 saturated carbocycles. The number of benzene rings is 1. The Bertz CT molecular complexity index is 632. The van der Waals surface area contributed by atoms with Crippen molar-refractivity contribution in [2.75, 3.05) is 5.32 Å². The standard InChI is InChI=1S/C12H11BrFN3O3/c1-6(11-16-12(20-17-11)15-7(2)18)19-10-4-3-8(13)5-9(10)14/h3-6H,1-2H3,(H,15,16,17,18). The van der Waals surface area contributed by atoms with Gasteiger partial charge in [0.05, 0.1) is 0 Å². The highest BCUT2D eigenvalue weighted by Crippen LogP contribution is 2.26. The molecule has 1 atom stereocenters. The van der Waals surface area contributed by atoms with Crippen LogP contribution in [0.3, 0.4) is 0 Å². The average molecular weight is 344 g/mol. The van der Waals surface area contributed by atoms with Crippen LogP contribution >= 0.6 is 15.9 Å². The summed E-state index contributed by atoms with van der Waals surface area (Å²) >= 11 is 3.16. The van der Waals surface area contributed by atoms with E-state index in [9.17, 15) is 9.18 Å². The molecule has 20 heavy (non-hydrogen) atoms. The molecule has 2 aromatic rings. The summed E-state index contributed by atoms with van der Waals surface area (Å²) in [7, 11) is 0. The maximum absolute atomic E-state index is 13.6. The van der Waals surface area contributed by atoms with Crippen molar-refractivity contribution in [3.8, 4) is 5.75 Å². The van der Waals surface area contributed by atoms with E-state index in [1.54, 1.807) is 13.0 Å². The zero-order valence-electron chi connectivity index (χ0n) is 10.7. The number of nitrogens with zero attached hydrogens (tertiary/aromatic N) is 2. The lowest BCUT2D eigenvalue weighted by Gasteiger charge is -2.11. The van der Waals surface area contributed by atoms with Crippen molar-refractivity contribution < 1.29 is 18.4 Å². The Labute approximate surface area is 122 Å². The average Bonchev–Trinajstić information content (AvgIpc) is 2.80. The third-order valence-electron chi connectivity index (χ3n) is 2.29. The second kappa shape index (κ2) is 6.00. The van der Waals surface area contributed by atoms with Crippen LogP contribution in [0.15, 0.2) is 27.2 Å². The zero-order chi connectivity index (χ0) is 14.7. The van der Waals surface area contributed by atoms with Gasteiger partial charge in [0, 0.05) is 11.4 Å². The van der Waals surface area contributed by atoms with Gasteiger partial charge in [-0.25, -0.2) is 4.39 Å². The van der Waals surface area contributed by atoms with Crippen LogP contribution in [0.5, 0.6) is 5.75 Å². The third kappa shape index (κ3) is 3.53. The molecule has 0 fully saturated rings. The summed E-state index contributed by atoms with van der Waals surface area (Å²) in [6.45, 7) is 2.96. The van der Waals surface area contributed by atoms with E-state index < -0.39 is 11.9 Å². The van der Waals surface area contributed by atoms with E-state index >= 15 is 0 Å². The van der Waals surface area contributed by atoms with Gasteiger partial charge in [0.2, 0.25) is 11.7 Å². The number of aromatic nitrogens is 2. The zero-order valence-corrected chi connectivity index (χ0v) is 12.3. The van der Waals surface area contributed by atoms with Gasteiger partial charge in [0.25, 0.3) is 0 Å². The van der Waals surface area contributed by atoms with Crippen molar-refractivity contribution in [3.63, 3.8) is 0 Å². The van der Waals surface area contributed by atoms with Crippen LogP contribution in [0.2, 0.25) is 0 Å². The van der Waals surface area contributed by atoms with Crippen molar-refractivity contribution in [1.82, 2.24) is 10.1 Å². The van der Waals surface area contributed by atoms with Crippen LogP contribution in [0, 0.1) is 5.82 Å². The van der Waals surface area contributed by atoms with Gasteiger partial charge in [-0.15, -0.1) is 0 Å². The molecule has 0 saturated heterocycles. The smallest absolute Gasteiger partial charge is 0.328 e. The first-order valence-corrected chi connectivity index (χ1v) is 6.48. The molecule has 8 heteroatoms. The Hall–Kier alpha value is -1.96. The van der Waals surface area contributed by atoms with Crippen molar-refractivity contribution in [2.24, 2.45) is 0 Å². The van der Waals surface area contributed by atoms with Crippen molar-refractivity contribution in [3.05, 3.63) is 34.3 Å². The largest absolute Gasteiger partial charge is 0.480 e. The van der Waals surface area contributed by atoms with Crippen molar-refractivity contribution in [1.29, 1.82) is 0 Å². The highest BCUT2D eigenvalue weighted by atomic mass is 79.9. The predicted molar refractivity (Wildman–Crippen MR) is 71.7 cm³/mol. The summed E-state index contributed by atoms with van der Waals surface area (Å²) in [6, 6.07) is 4.41. The number of halogens is 2. The molecule has 0 aliphatic heterocycles. The van der Waals surface area contributed by atoms with E-state index in [0.29, 0.717) is 4.47 Å². The molecule has 1 unspecified atom stereocenters. The Morgan fingerprint density at radius 3 is 2.95 bits per heavy atom. The van der Waals surface area contributed by atoms with Crippen LogP contribution in [-0.4, -0.2) is 16.0 Å². The van der Waals surface area contributed by atoms with E-state index in [1.807, 2.05) is 0 Å². The normalized spacial score (nSPS) is 12.0. The highest BCUT2D eigenvalue weighted by molar-refractivity contribution is 9.10. The minimum absolute atomic E-state index is 0.0285. The Balaban J connectivity index is 2.09. The molecule has 0 aliphatic carbocycles. The summed E-state index contributed by atoms with van der Waals surface area (Å²) in [5.41, 5.74) is 0. The van der Waals surface area contributed by atoms with Gasteiger partial charge < -0.3 is 9.26 Å². The number of hydrogen-bond acceptors (Lipinski definition) is 5. The number of rotatable bonds is 4. The Morgan fingerprint density at radius 1 is 1.55 bits per heavy atom. The van der Waals surface area contributed by atoms with Gasteiger partial charge >= 0.3 is 6.01 Å². The molecule has 0 spiro atoms. The lowest BCUT2D eigenvalue weighted by molar-refractivity contribution is -0.114. The first-order chi connectivity index (χ1) is 9.45. The molecule has 1 heterocycles. The fraction of sp³-hybridized carbons (Fsp3) is 0.250. The van der Waals surface area contributed by atoms with Gasteiger partial charge in [-0.3, -0.25) is 10.1 Å². The summed E-state index contributed by atoms with van der Waals surface area (Å²) in [4.78, 5) is 14.8. The van der Waals surface area contributed by atoms with E-state index in [0.717, 1.165) is 0 Å². The topological polar surface area (TPSA) is 77.2 Å². The van der Waals surface area contributed by atoms with Gasteiger partial charge in [0.15, 0.2) is 17.7 Å². The minimum Gasteiger partial charge on any atom is -0.480 e. The number of hydrogen-bond donors (Lipinski definition) is 1.